The predicted octanol–water partition coefficient (Wildman–Crippen LogP) is 1.49. The summed E-state index contributed by atoms with van der Waals surface area (Å²) in [5.41, 5.74) is 0. The Labute approximate surface area is 117 Å². The van der Waals surface area contributed by atoms with Gasteiger partial charge >= 0.3 is 0 Å². The molecule has 114 valence electrons. The molecule has 0 spiro atoms. The first-order valence-electron chi connectivity index (χ1n) is 7.34. The Morgan fingerprint density at radius 2 is 1.89 bits per heavy atom. The van der Waals surface area contributed by atoms with Gasteiger partial charge in [0.05, 0.1) is 0 Å². The highest BCUT2D eigenvalue weighted by Gasteiger charge is 2.26. The molecular formula is C13H28N2O3S. The van der Waals surface area contributed by atoms with Crippen LogP contribution in [0.5, 0.6) is 0 Å². The first-order valence-corrected chi connectivity index (χ1v) is 8.78. The van der Waals surface area contributed by atoms with E-state index in [1.54, 1.807) is 7.05 Å². The molecule has 0 unspecified atom stereocenters. The summed E-state index contributed by atoms with van der Waals surface area (Å²) in [5, 5.41) is 8.74. The standard InChI is InChI=1S/C13H28N2O3S/c1-3-5-12-6-8-13(9-7-12)14-19(17,18)15(2)10-4-11-16/h12-14,16H,3-11H2,1-2H3. The SMILES string of the molecule is CCCC1CCC(NS(=O)(=O)N(C)CCCO)CC1. The van der Waals surface area contributed by atoms with Gasteiger partial charge in [0.15, 0.2) is 0 Å². The summed E-state index contributed by atoms with van der Waals surface area (Å²) < 4.78 is 28.2. The molecule has 0 heterocycles. The maximum atomic E-state index is 12.0. The zero-order chi connectivity index (χ0) is 14.3. The molecule has 1 rings (SSSR count). The molecule has 2 N–H and O–H groups in total. The van der Waals surface area contributed by atoms with Gasteiger partial charge in [-0.2, -0.15) is 17.4 Å². The minimum absolute atomic E-state index is 0.0159. The van der Waals surface area contributed by atoms with E-state index in [0.717, 1.165) is 31.6 Å². The van der Waals surface area contributed by atoms with Gasteiger partial charge in [-0.05, 0) is 38.0 Å². The third kappa shape index (κ3) is 5.77. The van der Waals surface area contributed by atoms with Gasteiger partial charge in [-0.25, -0.2) is 0 Å². The molecule has 1 saturated carbocycles. The minimum Gasteiger partial charge on any atom is -0.396 e. The van der Waals surface area contributed by atoms with Crippen LogP contribution in [0.4, 0.5) is 0 Å². The Hall–Kier alpha value is -0.170. The summed E-state index contributed by atoms with van der Waals surface area (Å²) >= 11 is 0. The summed E-state index contributed by atoms with van der Waals surface area (Å²) in [6.45, 7) is 2.57. The highest BCUT2D eigenvalue weighted by Crippen LogP contribution is 2.28. The number of nitrogens with zero attached hydrogens (tertiary/aromatic N) is 1. The second kappa shape index (κ2) is 8.19. The van der Waals surface area contributed by atoms with Crippen molar-refractivity contribution in [2.45, 2.75) is 57.9 Å². The fourth-order valence-corrected chi connectivity index (χ4v) is 3.90. The molecule has 0 bridgehead atoms. The Morgan fingerprint density at radius 3 is 2.42 bits per heavy atom. The van der Waals surface area contributed by atoms with Gasteiger partial charge in [0.1, 0.15) is 0 Å². The predicted molar refractivity (Wildman–Crippen MR) is 77.0 cm³/mol. The van der Waals surface area contributed by atoms with Crippen molar-refractivity contribution in [3.63, 3.8) is 0 Å². The van der Waals surface area contributed by atoms with Crippen LogP contribution in [0.3, 0.4) is 0 Å². The molecule has 0 saturated heterocycles. The van der Waals surface area contributed by atoms with Crippen LogP contribution in [0.2, 0.25) is 0 Å². The molecule has 0 radical (unpaired) electrons. The Kier molecular flexibility index (Phi) is 7.28. The number of nitrogens with one attached hydrogen (secondary N) is 1. The minimum atomic E-state index is -3.39. The molecule has 1 fully saturated rings. The average Bonchev–Trinajstić information content (AvgIpc) is 2.38. The number of aliphatic hydroxyl groups excluding tert-OH is 1. The van der Waals surface area contributed by atoms with E-state index in [2.05, 4.69) is 11.6 Å². The number of rotatable bonds is 8. The molecular weight excluding hydrogens is 264 g/mol. The van der Waals surface area contributed by atoms with Crippen molar-refractivity contribution in [2.24, 2.45) is 5.92 Å². The van der Waals surface area contributed by atoms with Crippen LogP contribution in [-0.4, -0.2) is 44.1 Å². The summed E-state index contributed by atoms with van der Waals surface area (Å²) in [7, 11) is -1.83. The van der Waals surface area contributed by atoms with Gasteiger partial charge in [0.2, 0.25) is 0 Å². The van der Waals surface area contributed by atoms with Crippen LogP contribution in [0.1, 0.15) is 51.9 Å². The van der Waals surface area contributed by atoms with E-state index in [1.165, 1.54) is 17.1 Å². The van der Waals surface area contributed by atoms with E-state index in [9.17, 15) is 8.42 Å². The highest BCUT2D eigenvalue weighted by atomic mass is 32.2. The van der Waals surface area contributed by atoms with Gasteiger partial charge in [-0.1, -0.05) is 19.8 Å². The second-order valence-electron chi connectivity index (χ2n) is 5.53. The monoisotopic (exact) mass is 292 g/mol. The molecule has 5 nitrogen and oxygen atoms in total. The lowest BCUT2D eigenvalue weighted by Crippen LogP contribution is -2.45. The first kappa shape index (κ1) is 16.9. The Bertz CT molecular complexity index is 338. The lowest BCUT2D eigenvalue weighted by Gasteiger charge is -2.30. The van der Waals surface area contributed by atoms with E-state index < -0.39 is 10.2 Å². The van der Waals surface area contributed by atoms with Crippen LogP contribution in [0.15, 0.2) is 0 Å². The molecule has 0 atom stereocenters. The number of hydrogen-bond donors (Lipinski definition) is 2. The third-order valence-electron chi connectivity index (χ3n) is 3.90. The van der Waals surface area contributed by atoms with Gasteiger partial charge in [-0.3, -0.25) is 0 Å². The van der Waals surface area contributed by atoms with E-state index in [4.69, 9.17) is 5.11 Å². The van der Waals surface area contributed by atoms with Crippen LogP contribution >= 0.6 is 0 Å². The molecule has 0 aliphatic heterocycles. The van der Waals surface area contributed by atoms with Crippen LogP contribution < -0.4 is 4.72 Å². The zero-order valence-electron chi connectivity index (χ0n) is 12.1. The van der Waals surface area contributed by atoms with Crippen LogP contribution in [0.25, 0.3) is 0 Å². The fourth-order valence-electron chi connectivity index (χ4n) is 2.69. The normalized spacial score (nSPS) is 24.8. The number of hydrogen-bond acceptors (Lipinski definition) is 3. The molecule has 0 aromatic heterocycles. The molecule has 6 heteroatoms. The van der Waals surface area contributed by atoms with Crippen molar-refractivity contribution >= 4 is 10.2 Å². The maximum absolute atomic E-state index is 12.0. The van der Waals surface area contributed by atoms with Crippen molar-refractivity contribution in [1.82, 2.24) is 9.03 Å². The Balaban J connectivity index is 2.38. The molecule has 0 aromatic carbocycles. The first-order chi connectivity index (χ1) is 8.99. The fraction of sp³-hybridized carbons (Fsp3) is 1.00. The molecule has 19 heavy (non-hydrogen) atoms. The maximum Gasteiger partial charge on any atom is 0.279 e. The van der Waals surface area contributed by atoms with E-state index in [0.29, 0.717) is 13.0 Å². The van der Waals surface area contributed by atoms with Crippen molar-refractivity contribution in [1.29, 1.82) is 0 Å². The van der Waals surface area contributed by atoms with Crippen LogP contribution in [-0.2, 0) is 10.2 Å². The summed E-state index contributed by atoms with van der Waals surface area (Å²) in [6.07, 6.45) is 7.08. The lowest BCUT2D eigenvalue weighted by atomic mass is 9.84. The second-order valence-corrected chi connectivity index (χ2v) is 7.34. The number of aliphatic hydroxyl groups is 1. The third-order valence-corrected chi connectivity index (χ3v) is 5.54. The summed E-state index contributed by atoms with van der Waals surface area (Å²) in [6, 6.07) is 0.0784. The van der Waals surface area contributed by atoms with Gasteiger partial charge in [0.25, 0.3) is 10.2 Å². The molecule has 1 aliphatic carbocycles. The quantitative estimate of drug-likeness (QED) is 0.712. The highest BCUT2D eigenvalue weighted by molar-refractivity contribution is 7.87. The van der Waals surface area contributed by atoms with Gasteiger partial charge < -0.3 is 5.11 Å². The lowest BCUT2D eigenvalue weighted by molar-refractivity contribution is 0.272. The van der Waals surface area contributed by atoms with Gasteiger partial charge in [0, 0.05) is 26.2 Å². The average molecular weight is 292 g/mol. The summed E-state index contributed by atoms with van der Waals surface area (Å²) in [5.74, 6) is 0.776. The van der Waals surface area contributed by atoms with E-state index >= 15 is 0 Å². The zero-order valence-corrected chi connectivity index (χ0v) is 13.0. The topological polar surface area (TPSA) is 69.6 Å². The van der Waals surface area contributed by atoms with E-state index in [-0.39, 0.29) is 12.6 Å². The van der Waals surface area contributed by atoms with Crippen molar-refractivity contribution < 1.29 is 13.5 Å². The van der Waals surface area contributed by atoms with Crippen molar-refractivity contribution in [2.75, 3.05) is 20.2 Å². The Morgan fingerprint density at radius 1 is 1.26 bits per heavy atom. The van der Waals surface area contributed by atoms with Gasteiger partial charge in [-0.15, -0.1) is 0 Å². The van der Waals surface area contributed by atoms with Crippen molar-refractivity contribution in [3.05, 3.63) is 0 Å². The molecule has 1 aliphatic rings. The van der Waals surface area contributed by atoms with Crippen LogP contribution in [0, 0.1) is 5.92 Å². The van der Waals surface area contributed by atoms with Crippen molar-refractivity contribution in [3.8, 4) is 0 Å². The molecule has 0 amide bonds. The summed E-state index contributed by atoms with van der Waals surface area (Å²) in [4.78, 5) is 0. The largest absolute Gasteiger partial charge is 0.396 e. The smallest absolute Gasteiger partial charge is 0.279 e. The molecule has 0 aromatic rings. The van der Waals surface area contributed by atoms with E-state index in [1.807, 2.05) is 0 Å².